The Morgan fingerprint density at radius 1 is 1.42 bits per heavy atom. The second-order valence-electron chi connectivity index (χ2n) is 2.43. The maximum Gasteiger partial charge on any atom is 0.165 e. The molecule has 12 heavy (non-hydrogen) atoms. The molecule has 1 rings (SSSR count). The molecule has 7 nitrogen and oxygen atoms in total. The zero-order valence-electron chi connectivity index (χ0n) is 6.11. The third-order valence-corrected chi connectivity index (χ3v) is 1.68. The van der Waals surface area contributed by atoms with E-state index in [0.29, 0.717) is 0 Å². The predicted molar refractivity (Wildman–Crippen MR) is 36.9 cm³/mol. The van der Waals surface area contributed by atoms with Crippen LogP contribution in [0, 0.1) is 0 Å². The van der Waals surface area contributed by atoms with Gasteiger partial charge in [0.2, 0.25) is 0 Å². The van der Waals surface area contributed by atoms with Gasteiger partial charge in [-0.1, -0.05) is 5.11 Å². The molecule has 3 N–H and O–H groups in total. The number of azide groups is 1. The Kier molecular flexibility index (Phi) is 2.85. The molecule has 68 valence electrons. The van der Waals surface area contributed by atoms with Gasteiger partial charge in [-0.3, -0.25) is 0 Å². The third kappa shape index (κ3) is 1.50. The molecule has 1 unspecified atom stereocenters. The van der Waals surface area contributed by atoms with Gasteiger partial charge < -0.3 is 20.1 Å². The maximum absolute atomic E-state index is 9.14. The highest BCUT2D eigenvalue weighted by atomic mass is 16.6. The predicted octanol–water partition coefficient (Wildman–Crippen LogP) is -1.26. The lowest BCUT2D eigenvalue weighted by Crippen LogP contribution is -2.33. The van der Waals surface area contributed by atoms with E-state index in [2.05, 4.69) is 10.0 Å². The molecular formula is C5H9N3O4. The van der Waals surface area contributed by atoms with Crippen molar-refractivity contribution in [2.75, 3.05) is 6.61 Å². The van der Waals surface area contributed by atoms with E-state index in [-0.39, 0.29) is 0 Å². The van der Waals surface area contributed by atoms with Crippen molar-refractivity contribution in [1.82, 2.24) is 0 Å². The van der Waals surface area contributed by atoms with Gasteiger partial charge in [0, 0.05) is 4.91 Å². The van der Waals surface area contributed by atoms with Crippen molar-refractivity contribution < 1.29 is 20.1 Å². The molecular weight excluding hydrogens is 166 g/mol. The summed E-state index contributed by atoms with van der Waals surface area (Å²) in [5, 5.41) is 30.0. The Morgan fingerprint density at radius 3 is 2.50 bits per heavy atom. The molecule has 0 amide bonds. The molecule has 0 saturated carbocycles. The second-order valence-corrected chi connectivity index (χ2v) is 2.43. The van der Waals surface area contributed by atoms with Gasteiger partial charge in [-0.15, -0.1) is 0 Å². The summed E-state index contributed by atoms with van der Waals surface area (Å²) < 4.78 is 4.81. The summed E-state index contributed by atoms with van der Waals surface area (Å²) in [6, 6.07) is 0. The van der Waals surface area contributed by atoms with Gasteiger partial charge >= 0.3 is 0 Å². The zero-order chi connectivity index (χ0) is 9.14. The highest BCUT2D eigenvalue weighted by Crippen LogP contribution is 2.21. The first-order valence-electron chi connectivity index (χ1n) is 3.37. The van der Waals surface area contributed by atoms with Crippen molar-refractivity contribution in [3.63, 3.8) is 0 Å². The molecule has 0 spiro atoms. The topological polar surface area (TPSA) is 119 Å². The van der Waals surface area contributed by atoms with E-state index < -0.39 is 31.1 Å². The lowest BCUT2D eigenvalue weighted by atomic mass is 10.1. The van der Waals surface area contributed by atoms with Gasteiger partial charge in [0.15, 0.2) is 6.23 Å². The number of rotatable bonds is 2. The van der Waals surface area contributed by atoms with E-state index in [1.807, 2.05) is 0 Å². The molecule has 1 aliphatic rings. The van der Waals surface area contributed by atoms with E-state index in [1.54, 1.807) is 0 Å². The molecule has 0 aromatic rings. The van der Waals surface area contributed by atoms with Gasteiger partial charge in [0.1, 0.15) is 18.3 Å². The van der Waals surface area contributed by atoms with E-state index in [0.717, 1.165) is 0 Å². The average Bonchev–Trinajstić information content (AvgIpc) is 2.33. The van der Waals surface area contributed by atoms with Gasteiger partial charge in [0.05, 0.1) is 6.61 Å². The fourth-order valence-electron chi connectivity index (χ4n) is 1.03. The first kappa shape index (κ1) is 9.24. The maximum atomic E-state index is 9.14. The molecule has 0 aromatic carbocycles. The summed E-state index contributed by atoms with van der Waals surface area (Å²) in [5.41, 5.74) is 8.01. The lowest BCUT2D eigenvalue weighted by molar-refractivity contribution is -0.0198. The van der Waals surface area contributed by atoms with Crippen molar-refractivity contribution in [3.8, 4) is 0 Å². The average molecular weight is 175 g/mol. The normalized spacial score (nSPS) is 40.9. The van der Waals surface area contributed by atoms with Gasteiger partial charge in [0.25, 0.3) is 0 Å². The Balaban J connectivity index is 2.66. The number of ether oxygens (including phenoxy) is 1. The first-order valence-corrected chi connectivity index (χ1v) is 3.37. The van der Waals surface area contributed by atoms with Crippen LogP contribution in [-0.2, 0) is 4.74 Å². The van der Waals surface area contributed by atoms with Crippen LogP contribution in [0.5, 0.6) is 0 Å². The molecule has 4 atom stereocenters. The summed E-state index contributed by atoms with van der Waals surface area (Å²) >= 11 is 0. The molecule has 1 saturated heterocycles. The molecule has 0 radical (unpaired) electrons. The van der Waals surface area contributed by atoms with Crippen LogP contribution in [0.4, 0.5) is 0 Å². The van der Waals surface area contributed by atoms with Gasteiger partial charge in [-0.25, -0.2) is 0 Å². The molecule has 0 bridgehead atoms. The van der Waals surface area contributed by atoms with Crippen molar-refractivity contribution >= 4 is 0 Å². The summed E-state index contributed by atoms with van der Waals surface area (Å²) in [4.78, 5) is 2.42. The van der Waals surface area contributed by atoms with Crippen LogP contribution in [0.1, 0.15) is 0 Å². The number of hydrogen-bond acceptors (Lipinski definition) is 5. The van der Waals surface area contributed by atoms with Crippen molar-refractivity contribution in [3.05, 3.63) is 10.4 Å². The van der Waals surface area contributed by atoms with E-state index in [4.69, 9.17) is 25.6 Å². The molecule has 0 aliphatic carbocycles. The molecule has 1 aliphatic heterocycles. The Morgan fingerprint density at radius 2 is 2.08 bits per heavy atom. The fourth-order valence-corrected chi connectivity index (χ4v) is 1.03. The highest BCUT2D eigenvalue weighted by molar-refractivity contribution is 4.88. The van der Waals surface area contributed by atoms with Crippen LogP contribution >= 0.6 is 0 Å². The molecule has 1 heterocycles. The van der Waals surface area contributed by atoms with Crippen molar-refractivity contribution in [2.24, 2.45) is 5.11 Å². The van der Waals surface area contributed by atoms with Crippen molar-refractivity contribution in [2.45, 2.75) is 24.5 Å². The van der Waals surface area contributed by atoms with Crippen LogP contribution in [-0.4, -0.2) is 46.5 Å². The zero-order valence-corrected chi connectivity index (χ0v) is 6.11. The van der Waals surface area contributed by atoms with Gasteiger partial charge in [-0.05, 0) is 5.53 Å². The Hall–Kier alpha value is -0.850. The summed E-state index contributed by atoms with van der Waals surface area (Å²) in [7, 11) is 0. The van der Waals surface area contributed by atoms with Crippen molar-refractivity contribution in [1.29, 1.82) is 0 Å². The third-order valence-electron chi connectivity index (χ3n) is 1.68. The Labute approximate surface area is 67.8 Å². The lowest BCUT2D eigenvalue weighted by Gasteiger charge is -2.10. The highest BCUT2D eigenvalue weighted by Gasteiger charge is 2.41. The largest absolute Gasteiger partial charge is 0.394 e. The van der Waals surface area contributed by atoms with Crippen LogP contribution in [0.3, 0.4) is 0 Å². The molecule has 1 fully saturated rings. The molecule has 7 heteroatoms. The minimum absolute atomic E-state index is 0.421. The summed E-state index contributed by atoms with van der Waals surface area (Å²) in [6.45, 7) is -0.421. The monoisotopic (exact) mass is 175 g/mol. The minimum Gasteiger partial charge on any atom is -0.394 e. The Bertz CT molecular complexity index is 205. The summed E-state index contributed by atoms with van der Waals surface area (Å²) in [5.74, 6) is 0. The number of aliphatic hydroxyl groups excluding tert-OH is 3. The van der Waals surface area contributed by atoms with E-state index in [9.17, 15) is 0 Å². The standard InChI is InChI=1S/C5H9N3O4/c6-8-7-5-4(11)3(10)2(1-9)12-5/h2-5,9-11H,1H2/t2-,3-,4-,5?/m1/s1. The number of nitrogens with zero attached hydrogens (tertiary/aromatic N) is 3. The van der Waals surface area contributed by atoms with E-state index >= 15 is 0 Å². The molecule has 0 aromatic heterocycles. The van der Waals surface area contributed by atoms with Gasteiger partial charge in [-0.2, -0.15) is 0 Å². The van der Waals surface area contributed by atoms with Crippen LogP contribution < -0.4 is 0 Å². The summed E-state index contributed by atoms with van der Waals surface area (Å²) in [6.07, 6.45) is -4.46. The smallest absolute Gasteiger partial charge is 0.165 e. The van der Waals surface area contributed by atoms with E-state index in [1.165, 1.54) is 0 Å². The van der Waals surface area contributed by atoms with Crippen LogP contribution in [0.15, 0.2) is 5.11 Å². The SMILES string of the molecule is [N-]=[N+]=NC1O[C@H](CO)[C@@H](O)[C@H]1O. The first-order chi connectivity index (χ1) is 5.70. The quantitative estimate of drug-likeness (QED) is 0.275. The second kappa shape index (κ2) is 3.70. The number of aliphatic hydroxyl groups is 3. The minimum atomic E-state index is -1.27. The fraction of sp³-hybridized carbons (Fsp3) is 1.00. The number of hydrogen-bond donors (Lipinski definition) is 3. The van der Waals surface area contributed by atoms with Crippen LogP contribution in [0.2, 0.25) is 0 Å². The van der Waals surface area contributed by atoms with Crippen LogP contribution in [0.25, 0.3) is 10.4 Å².